The van der Waals surface area contributed by atoms with Gasteiger partial charge in [-0.3, -0.25) is 4.79 Å². The number of hydrogen-bond donors (Lipinski definition) is 2. The van der Waals surface area contributed by atoms with E-state index >= 15 is 0 Å². The summed E-state index contributed by atoms with van der Waals surface area (Å²) < 4.78 is 0. The summed E-state index contributed by atoms with van der Waals surface area (Å²) in [5.41, 5.74) is 5.52. The average molecular weight is 344 g/mol. The van der Waals surface area contributed by atoms with Gasteiger partial charge in [-0.15, -0.1) is 0 Å². The zero-order valence-corrected chi connectivity index (χ0v) is 15.3. The first-order chi connectivity index (χ1) is 12.7. The number of benzene rings is 3. The zero-order chi connectivity index (χ0) is 18.4. The smallest absolute Gasteiger partial charge is 0.193 e. The summed E-state index contributed by atoms with van der Waals surface area (Å²) in [6, 6.07) is 23.6. The Bertz CT molecular complexity index is 867. The molecule has 3 heteroatoms. The third kappa shape index (κ3) is 3.94. The molecule has 132 valence electrons. The summed E-state index contributed by atoms with van der Waals surface area (Å²) in [6.45, 7) is 5.87. The molecule has 0 radical (unpaired) electrons. The maximum Gasteiger partial charge on any atom is 0.193 e. The van der Waals surface area contributed by atoms with Crippen LogP contribution < -0.4 is 10.6 Å². The number of carbonyl (C=O) groups excluding carboxylic acids is 1. The lowest BCUT2D eigenvalue weighted by Gasteiger charge is -2.11. The highest BCUT2D eigenvalue weighted by Crippen LogP contribution is 2.27. The van der Waals surface area contributed by atoms with Gasteiger partial charge < -0.3 is 10.6 Å². The van der Waals surface area contributed by atoms with E-state index in [9.17, 15) is 4.79 Å². The summed E-state index contributed by atoms with van der Waals surface area (Å²) >= 11 is 0. The fourth-order valence-electron chi connectivity index (χ4n) is 3.00. The second-order valence-corrected chi connectivity index (χ2v) is 6.09. The molecule has 0 aromatic heterocycles. The molecule has 2 N–H and O–H groups in total. The molecule has 0 heterocycles. The van der Waals surface area contributed by atoms with Crippen molar-refractivity contribution < 1.29 is 4.79 Å². The number of rotatable bonds is 7. The Morgan fingerprint density at radius 1 is 0.731 bits per heavy atom. The molecule has 0 fully saturated rings. The van der Waals surface area contributed by atoms with E-state index in [0.717, 1.165) is 41.2 Å². The lowest BCUT2D eigenvalue weighted by atomic mass is 9.94. The minimum atomic E-state index is 0.0411. The van der Waals surface area contributed by atoms with Gasteiger partial charge in [0.15, 0.2) is 5.78 Å². The summed E-state index contributed by atoms with van der Waals surface area (Å²) in [7, 11) is 0. The van der Waals surface area contributed by atoms with Gasteiger partial charge in [0, 0.05) is 35.6 Å². The first-order valence-electron chi connectivity index (χ1n) is 9.05. The van der Waals surface area contributed by atoms with Crippen LogP contribution in [-0.4, -0.2) is 18.9 Å². The van der Waals surface area contributed by atoms with Crippen LogP contribution in [0.4, 0.5) is 11.4 Å². The monoisotopic (exact) mass is 344 g/mol. The van der Waals surface area contributed by atoms with E-state index in [1.54, 1.807) is 0 Å². The van der Waals surface area contributed by atoms with Crippen LogP contribution in [0, 0.1) is 0 Å². The summed E-state index contributed by atoms with van der Waals surface area (Å²) in [5, 5.41) is 6.54. The largest absolute Gasteiger partial charge is 0.385 e. The molecule has 0 bridgehead atoms. The molecule has 26 heavy (non-hydrogen) atoms. The normalized spacial score (nSPS) is 10.4. The van der Waals surface area contributed by atoms with Crippen LogP contribution in [0.3, 0.4) is 0 Å². The highest BCUT2D eigenvalue weighted by atomic mass is 16.1. The second-order valence-electron chi connectivity index (χ2n) is 6.09. The van der Waals surface area contributed by atoms with E-state index < -0.39 is 0 Å². The zero-order valence-electron chi connectivity index (χ0n) is 15.3. The van der Waals surface area contributed by atoms with Crippen molar-refractivity contribution in [2.45, 2.75) is 13.8 Å². The Hall–Kier alpha value is -3.07. The third-order valence-electron chi connectivity index (χ3n) is 4.28. The van der Waals surface area contributed by atoms with Crippen LogP contribution in [0.5, 0.6) is 0 Å². The van der Waals surface area contributed by atoms with Crippen LogP contribution in [0.25, 0.3) is 11.1 Å². The van der Waals surface area contributed by atoms with Crippen LogP contribution in [0.15, 0.2) is 72.8 Å². The maximum absolute atomic E-state index is 13.0. The molecule has 0 amide bonds. The van der Waals surface area contributed by atoms with Gasteiger partial charge in [0.25, 0.3) is 0 Å². The van der Waals surface area contributed by atoms with Crippen LogP contribution in [0.2, 0.25) is 0 Å². The quantitative estimate of drug-likeness (QED) is 0.560. The molecule has 3 aromatic rings. The molecule has 3 rings (SSSR count). The summed E-state index contributed by atoms with van der Waals surface area (Å²) in [4.78, 5) is 13.0. The number of ketones is 1. The van der Waals surface area contributed by atoms with Gasteiger partial charge in [-0.2, -0.15) is 0 Å². The van der Waals surface area contributed by atoms with Crippen LogP contribution >= 0.6 is 0 Å². The Morgan fingerprint density at radius 2 is 1.27 bits per heavy atom. The van der Waals surface area contributed by atoms with Crippen LogP contribution in [-0.2, 0) is 0 Å². The van der Waals surface area contributed by atoms with E-state index in [4.69, 9.17) is 0 Å². The molecule has 0 aliphatic rings. The summed E-state index contributed by atoms with van der Waals surface area (Å²) in [6.07, 6.45) is 0. The van der Waals surface area contributed by atoms with E-state index in [-0.39, 0.29) is 5.78 Å². The van der Waals surface area contributed by atoms with E-state index in [2.05, 4.69) is 36.6 Å². The maximum atomic E-state index is 13.0. The molecule has 0 saturated heterocycles. The second kappa shape index (κ2) is 8.34. The number of carbonyl (C=O) groups is 1. The van der Waals surface area contributed by atoms with Crippen molar-refractivity contribution in [3.63, 3.8) is 0 Å². The van der Waals surface area contributed by atoms with Gasteiger partial charge in [-0.05, 0) is 61.4 Å². The first kappa shape index (κ1) is 17.7. The fraction of sp³-hybridized carbons (Fsp3) is 0.174. The molecule has 3 nitrogen and oxygen atoms in total. The van der Waals surface area contributed by atoms with Gasteiger partial charge in [-0.1, -0.05) is 36.4 Å². The molecular weight excluding hydrogens is 320 g/mol. The molecule has 3 aromatic carbocycles. The van der Waals surface area contributed by atoms with Gasteiger partial charge in [-0.25, -0.2) is 0 Å². The minimum absolute atomic E-state index is 0.0411. The predicted octanol–water partition coefficient (Wildman–Crippen LogP) is 5.45. The molecule has 0 atom stereocenters. The molecule has 0 saturated carbocycles. The van der Waals surface area contributed by atoms with E-state index in [0.29, 0.717) is 5.56 Å². The molecule has 0 aliphatic heterocycles. The molecule has 0 aliphatic carbocycles. The number of anilines is 2. The minimum Gasteiger partial charge on any atom is -0.385 e. The Kier molecular flexibility index (Phi) is 5.69. The van der Waals surface area contributed by atoms with Crippen molar-refractivity contribution >= 4 is 17.2 Å². The standard InChI is InChI=1S/C23H24N2O/c1-3-24-19-13-9-17(10-14-19)21-7-5-6-8-22(21)23(26)18-11-15-20(16-12-18)25-4-2/h5-16,24-25H,3-4H2,1-2H3. The van der Waals surface area contributed by atoms with Gasteiger partial charge >= 0.3 is 0 Å². The number of hydrogen-bond acceptors (Lipinski definition) is 3. The molecule has 0 unspecified atom stereocenters. The van der Waals surface area contributed by atoms with E-state index in [1.165, 1.54) is 0 Å². The third-order valence-corrected chi connectivity index (χ3v) is 4.28. The average Bonchev–Trinajstić information content (AvgIpc) is 2.69. The molecular formula is C23H24N2O. The van der Waals surface area contributed by atoms with Crippen molar-refractivity contribution in [2.24, 2.45) is 0 Å². The lowest BCUT2D eigenvalue weighted by Crippen LogP contribution is -2.04. The lowest BCUT2D eigenvalue weighted by molar-refractivity contribution is 0.103. The van der Waals surface area contributed by atoms with Crippen molar-refractivity contribution in [3.05, 3.63) is 83.9 Å². The van der Waals surface area contributed by atoms with Crippen molar-refractivity contribution in [1.82, 2.24) is 0 Å². The van der Waals surface area contributed by atoms with E-state index in [1.807, 2.05) is 60.7 Å². The summed E-state index contributed by atoms with van der Waals surface area (Å²) in [5.74, 6) is 0.0411. The van der Waals surface area contributed by atoms with Gasteiger partial charge in [0.05, 0.1) is 0 Å². The SMILES string of the molecule is CCNc1ccc(C(=O)c2ccccc2-c2ccc(NCC)cc2)cc1. The first-order valence-corrected chi connectivity index (χ1v) is 9.05. The Labute approximate surface area is 155 Å². The van der Waals surface area contributed by atoms with Crippen LogP contribution in [0.1, 0.15) is 29.8 Å². The predicted molar refractivity (Wildman–Crippen MR) is 110 cm³/mol. The number of nitrogens with one attached hydrogen (secondary N) is 2. The Morgan fingerprint density at radius 3 is 1.85 bits per heavy atom. The Balaban J connectivity index is 1.92. The topological polar surface area (TPSA) is 41.1 Å². The highest BCUT2D eigenvalue weighted by molar-refractivity contribution is 6.13. The van der Waals surface area contributed by atoms with Crippen molar-refractivity contribution in [3.8, 4) is 11.1 Å². The highest BCUT2D eigenvalue weighted by Gasteiger charge is 2.14. The van der Waals surface area contributed by atoms with Gasteiger partial charge in [0.2, 0.25) is 0 Å². The van der Waals surface area contributed by atoms with Gasteiger partial charge in [0.1, 0.15) is 0 Å². The van der Waals surface area contributed by atoms with Crippen molar-refractivity contribution in [2.75, 3.05) is 23.7 Å². The molecule has 0 spiro atoms. The van der Waals surface area contributed by atoms with Crippen molar-refractivity contribution in [1.29, 1.82) is 0 Å². The fourth-order valence-corrected chi connectivity index (χ4v) is 3.00.